The van der Waals surface area contributed by atoms with E-state index in [4.69, 9.17) is 4.18 Å². The van der Waals surface area contributed by atoms with Gasteiger partial charge in [0.2, 0.25) is 0 Å². The van der Waals surface area contributed by atoms with E-state index in [1.54, 1.807) is 30.0 Å². The van der Waals surface area contributed by atoms with Gasteiger partial charge in [-0.25, -0.2) is 0 Å². The van der Waals surface area contributed by atoms with E-state index in [0.717, 1.165) is 11.3 Å². The molecule has 0 aliphatic carbocycles. The van der Waals surface area contributed by atoms with Crippen LogP contribution in [0.2, 0.25) is 0 Å². The number of rotatable bonds is 7. The molecule has 0 bridgehead atoms. The molecule has 2 aromatic carbocycles. The molecule has 0 unspecified atom stereocenters. The summed E-state index contributed by atoms with van der Waals surface area (Å²) in [7, 11) is -3.68. The second-order valence-corrected chi connectivity index (χ2v) is 7.41. The van der Waals surface area contributed by atoms with E-state index in [1.165, 1.54) is 17.0 Å². The minimum Gasteiger partial charge on any atom is -0.262 e. The first-order chi connectivity index (χ1) is 10.6. The van der Waals surface area contributed by atoms with Gasteiger partial charge in [-0.3, -0.25) is 4.18 Å². The molecule has 0 aliphatic rings. The Hall–Kier alpha value is -1.56. The van der Waals surface area contributed by atoms with Gasteiger partial charge < -0.3 is 0 Å². The van der Waals surface area contributed by atoms with Crippen molar-refractivity contribution in [3.63, 3.8) is 0 Å². The Kier molecular flexibility index (Phi) is 6.24. The quantitative estimate of drug-likeness (QED) is 0.434. The van der Waals surface area contributed by atoms with Crippen molar-refractivity contribution in [2.45, 2.75) is 16.7 Å². The number of hydrogen-bond donors (Lipinski definition) is 0. The monoisotopic (exact) mass is 334 g/mol. The highest BCUT2D eigenvalue weighted by Gasteiger charge is 2.14. The highest BCUT2D eigenvalue weighted by Crippen LogP contribution is 2.18. The van der Waals surface area contributed by atoms with Crippen molar-refractivity contribution in [1.82, 2.24) is 0 Å². The number of benzene rings is 2. The van der Waals surface area contributed by atoms with Crippen LogP contribution in [0.1, 0.15) is 6.92 Å². The topological polar surface area (TPSA) is 43.4 Å². The van der Waals surface area contributed by atoms with Crippen LogP contribution in [-0.2, 0) is 14.3 Å². The van der Waals surface area contributed by atoms with Gasteiger partial charge in [-0.05, 0) is 36.8 Å². The third-order valence-electron chi connectivity index (χ3n) is 2.90. The molecule has 0 saturated carbocycles. The molecule has 5 heteroatoms. The molecular weight excluding hydrogens is 316 g/mol. The average molecular weight is 334 g/mol. The SMILES string of the molecule is C/C(=C\CSc1ccccc1)COS(=O)(=O)c1ccccc1. The zero-order chi connectivity index (χ0) is 15.8. The highest BCUT2D eigenvalue weighted by molar-refractivity contribution is 7.99. The van der Waals surface area contributed by atoms with Crippen LogP contribution in [0.4, 0.5) is 0 Å². The lowest BCUT2D eigenvalue weighted by atomic mass is 10.3. The number of thioether (sulfide) groups is 1. The predicted octanol–water partition coefficient (Wildman–Crippen LogP) is 4.13. The molecule has 0 fully saturated rings. The Bertz CT molecular complexity index is 708. The van der Waals surface area contributed by atoms with Crippen molar-refractivity contribution >= 4 is 21.9 Å². The first-order valence-electron chi connectivity index (χ1n) is 6.86. The fraction of sp³-hybridized carbons (Fsp3) is 0.176. The largest absolute Gasteiger partial charge is 0.297 e. The third-order valence-corrected chi connectivity index (χ3v) is 5.12. The Morgan fingerprint density at radius 2 is 1.64 bits per heavy atom. The normalized spacial score (nSPS) is 12.3. The van der Waals surface area contributed by atoms with Crippen LogP contribution >= 0.6 is 11.8 Å². The Morgan fingerprint density at radius 3 is 2.27 bits per heavy atom. The van der Waals surface area contributed by atoms with Gasteiger partial charge in [0.05, 0.1) is 11.5 Å². The maximum atomic E-state index is 12.0. The Balaban J connectivity index is 1.84. The Morgan fingerprint density at radius 1 is 1.05 bits per heavy atom. The van der Waals surface area contributed by atoms with Crippen molar-refractivity contribution in [2.75, 3.05) is 12.4 Å². The number of hydrogen-bond acceptors (Lipinski definition) is 4. The highest BCUT2D eigenvalue weighted by atomic mass is 32.2. The molecule has 0 N–H and O–H groups in total. The summed E-state index contributed by atoms with van der Waals surface area (Å²) in [6.07, 6.45) is 1.98. The van der Waals surface area contributed by atoms with E-state index in [0.29, 0.717) is 0 Å². The van der Waals surface area contributed by atoms with Crippen LogP contribution in [0.3, 0.4) is 0 Å². The summed E-state index contributed by atoms with van der Waals surface area (Å²) in [5.41, 5.74) is 0.892. The molecule has 0 spiro atoms. The molecule has 3 nitrogen and oxygen atoms in total. The molecule has 0 saturated heterocycles. The lowest BCUT2D eigenvalue weighted by Crippen LogP contribution is -2.08. The van der Waals surface area contributed by atoms with Crippen LogP contribution in [-0.4, -0.2) is 20.8 Å². The van der Waals surface area contributed by atoms with Gasteiger partial charge in [0.1, 0.15) is 0 Å². The summed E-state index contributed by atoms with van der Waals surface area (Å²) in [4.78, 5) is 1.37. The fourth-order valence-corrected chi connectivity index (χ4v) is 3.56. The van der Waals surface area contributed by atoms with E-state index in [-0.39, 0.29) is 11.5 Å². The fourth-order valence-electron chi connectivity index (χ4n) is 1.68. The second-order valence-electron chi connectivity index (χ2n) is 4.70. The standard InChI is InChI=1S/C17H18O3S2/c1-15(12-13-21-16-8-4-2-5-9-16)14-20-22(18,19)17-10-6-3-7-11-17/h2-12H,13-14H2,1H3/b15-12+. The van der Waals surface area contributed by atoms with E-state index >= 15 is 0 Å². The van der Waals surface area contributed by atoms with Crippen LogP contribution < -0.4 is 0 Å². The van der Waals surface area contributed by atoms with Crippen molar-refractivity contribution in [3.05, 3.63) is 72.3 Å². The van der Waals surface area contributed by atoms with E-state index in [9.17, 15) is 8.42 Å². The van der Waals surface area contributed by atoms with E-state index < -0.39 is 10.1 Å². The van der Waals surface area contributed by atoms with Gasteiger partial charge in [0.15, 0.2) is 0 Å². The van der Waals surface area contributed by atoms with Gasteiger partial charge in [-0.1, -0.05) is 42.5 Å². The van der Waals surface area contributed by atoms with Gasteiger partial charge in [-0.2, -0.15) is 8.42 Å². The summed E-state index contributed by atoms with van der Waals surface area (Å²) in [6.45, 7) is 1.94. The van der Waals surface area contributed by atoms with Gasteiger partial charge >= 0.3 is 0 Å². The van der Waals surface area contributed by atoms with Crippen molar-refractivity contribution in [3.8, 4) is 0 Å². The van der Waals surface area contributed by atoms with Crippen LogP contribution in [0, 0.1) is 0 Å². The average Bonchev–Trinajstić information content (AvgIpc) is 2.55. The van der Waals surface area contributed by atoms with Gasteiger partial charge in [0, 0.05) is 10.6 Å². The van der Waals surface area contributed by atoms with Crippen molar-refractivity contribution in [1.29, 1.82) is 0 Å². The molecule has 0 heterocycles. The molecule has 22 heavy (non-hydrogen) atoms. The molecule has 2 aromatic rings. The maximum absolute atomic E-state index is 12.0. The third kappa shape index (κ3) is 5.33. The summed E-state index contributed by atoms with van der Waals surface area (Å²) in [5.74, 6) is 0.782. The summed E-state index contributed by atoms with van der Waals surface area (Å²) < 4.78 is 29.0. The van der Waals surface area contributed by atoms with Gasteiger partial charge in [-0.15, -0.1) is 11.8 Å². The zero-order valence-corrected chi connectivity index (χ0v) is 13.9. The molecule has 116 valence electrons. The van der Waals surface area contributed by atoms with Crippen LogP contribution in [0.5, 0.6) is 0 Å². The predicted molar refractivity (Wildman–Crippen MR) is 90.5 cm³/mol. The van der Waals surface area contributed by atoms with Crippen LogP contribution in [0.15, 0.2) is 82.1 Å². The first-order valence-corrected chi connectivity index (χ1v) is 9.25. The van der Waals surface area contributed by atoms with Crippen molar-refractivity contribution in [2.24, 2.45) is 0 Å². The summed E-state index contributed by atoms with van der Waals surface area (Å²) in [5, 5.41) is 0. The summed E-state index contributed by atoms with van der Waals surface area (Å²) in [6, 6.07) is 18.2. The maximum Gasteiger partial charge on any atom is 0.297 e. The molecular formula is C17H18O3S2. The summed E-state index contributed by atoms with van der Waals surface area (Å²) >= 11 is 1.70. The minimum absolute atomic E-state index is 0.0760. The molecule has 0 atom stereocenters. The van der Waals surface area contributed by atoms with Crippen LogP contribution in [0.25, 0.3) is 0 Å². The van der Waals surface area contributed by atoms with Gasteiger partial charge in [0.25, 0.3) is 10.1 Å². The molecule has 0 aromatic heterocycles. The van der Waals surface area contributed by atoms with E-state index in [1.807, 2.05) is 43.3 Å². The lowest BCUT2D eigenvalue weighted by molar-refractivity contribution is 0.348. The molecule has 0 amide bonds. The minimum atomic E-state index is -3.68. The smallest absolute Gasteiger partial charge is 0.262 e. The van der Waals surface area contributed by atoms with Crippen molar-refractivity contribution < 1.29 is 12.6 Å². The van der Waals surface area contributed by atoms with E-state index in [2.05, 4.69) is 0 Å². The second kappa shape index (κ2) is 8.17. The first kappa shape index (κ1) is 16.8. The molecule has 0 aliphatic heterocycles. The zero-order valence-electron chi connectivity index (χ0n) is 12.3. The molecule has 0 radical (unpaired) electrons. The lowest BCUT2D eigenvalue weighted by Gasteiger charge is -2.06. The Labute approximate surface area is 136 Å². The molecule has 2 rings (SSSR count).